The zero-order valence-corrected chi connectivity index (χ0v) is 16.8. The van der Waals surface area contributed by atoms with E-state index >= 15 is 0 Å². The van der Waals surface area contributed by atoms with Crippen molar-refractivity contribution >= 4 is 15.7 Å². The highest BCUT2D eigenvalue weighted by Crippen LogP contribution is 2.31. The van der Waals surface area contributed by atoms with Crippen LogP contribution in [-0.4, -0.2) is 44.3 Å². The average molecular weight is 407 g/mol. The molecule has 2 N–H and O–H groups in total. The molecule has 2 aromatic rings. The largest absolute Gasteiger partial charge is 0.388 e. The molecule has 1 aliphatic heterocycles. The Balaban J connectivity index is 1.48. The van der Waals surface area contributed by atoms with Crippen molar-refractivity contribution in [2.24, 2.45) is 5.92 Å². The summed E-state index contributed by atoms with van der Waals surface area (Å²) in [5.41, 5.74) is 2.43. The summed E-state index contributed by atoms with van der Waals surface area (Å²) >= 11 is 0. The Bertz CT molecular complexity index is 862. The van der Waals surface area contributed by atoms with Crippen LogP contribution in [0.15, 0.2) is 48.5 Å². The number of sulfonamides is 1. The van der Waals surface area contributed by atoms with E-state index in [0.29, 0.717) is 5.69 Å². The Morgan fingerprint density at radius 3 is 2.29 bits per heavy atom. The van der Waals surface area contributed by atoms with Gasteiger partial charge in [-0.15, -0.1) is 0 Å². The fourth-order valence-electron chi connectivity index (χ4n) is 3.67. The molecule has 1 aliphatic rings. The predicted molar refractivity (Wildman–Crippen MR) is 109 cm³/mol. The molecule has 3 rings (SSSR count). The van der Waals surface area contributed by atoms with Crippen LogP contribution in [-0.2, 0) is 16.4 Å². The zero-order valence-electron chi connectivity index (χ0n) is 16.0. The van der Waals surface area contributed by atoms with Crippen molar-refractivity contribution in [3.05, 3.63) is 65.5 Å². The lowest BCUT2D eigenvalue weighted by molar-refractivity contribution is 0.0592. The molecule has 0 spiro atoms. The summed E-state index contributed by atoms with van der Waals surface area (Å²) in [6.07, 6.45) is 3.27. The van der Waals surface area contributed by atoms with Crippen molar-refractivity contribution < 1.29 is 17.9 Å². The molecule has 1 saturated heterocycles. The molecule has 2 aromatic carbocycles. The van der Waals surface area contributed by atoms with Crippen molar-refractivity contribution in [3.8, 4) is 0 Å². The van der Waals surface area contributed by atoms with Crippen LogP contribution in [0.5, 0.6) is 0 Å². The van der Waals surface area contributed by atoms with Gasteiger partial charge in [-0.05, 0) is 73.7 Å². The van der Waals surface area contributed by atoms with Gasteiger partial charge in [-0.2, -0.15) is 0 Å². The number of hydrogen-bond donors (Lipinski definition) is 2. The molecule has 0 radical (unpaired) electrons. The van der Waals surface area contributed by atoms with Crippen LogP contribution in [0.25, 0.3) is 0 Å². The molecule has 152 valence electrons. The Morgan fingerprint density at radius 2 is 1.71 bits per heavy atom. The lowest BCUT2D eigenvalue weighted by atomic mass is 9.87. The number of anilines is 1. The van der Waals surface area contributed by atoms with Gasteiger partial charge in [0.1, 0.15) is 5.82 Å². The molecule has 0 saturated carbocycles. The molecule has 1 unspecified atom stereocenters. The van der Waals surface area contributed by atoms with Gasteiger partial charge in [-0.25, -0.2) is 12.8 Å². The maximum atomic E-state index is 13.0. The highest BCUT2D eigenvalue weighted by Gasteiger charge is 2.26. The number of benzene rings is 2. The second-order valence-corrected chi connectivity index (χ2v) is 9.25. The normalized spacial score (nSPS) is 17.4. The van der Waals surface area contributed by atoms with Gasteiger partial charge in [0.05, 0.1) is 12.4 Å². The Hall–Kier alpha value is -1.96. The van der Waals surface area contributed by atoms with Gasteiger partial charge in [0.15, 0.2) is 0 Å². The molecule has 7 heteroatoms. The van der Waals surface area contributed by atoms with Gasteiger partial charge in [-0.1, -0.05) is 24.3 Å². The number of aliphatic hydroxyl groups is 1. The molecular weight excluding hydrogens is 379 g/mol. The Kier molecular flexibility index (Phi) is 6.69. The van der Waals surface area contributed by atoms with Crippen LogP contribution in [0.1, 0.15) is 30.1 Å². The van der Waals surface area contributed by atoms with E-state index in [2.05, 4.69) is 9.62 Å². The quantitative estimate of drug-likeness (QED) is 0.741. The number of likely N-dealkylation sites (tertiary alicyclic amines) is 1. The van der Waals surface area contributed by atoms with Crippen molar-refractivity contribution in [1.82, 2.24) is 4.90 Å². The van der Waals surface area contributed by atoms with E-state index in [9.17, 15) is 17.9 Å². The fraction of sp³-hybridized carbons (Fsp3) is 0.429. The Morgan fingerprint density at radius 1 is 1.11 bits per heavy atom. The molecule has 0 bridgehead atoms. The number of halogens is 1. The third-order valence-corrected chi connectivity index (χ3v) is 5.87. The van der Waals surface area contributed by atoms with Crippen LogP contribution in [0.3, 0.4) is 0 Å². The number of rotatable bonds is 7. The van der Waals surface area contributed by atoms with Crippen LogP contribution in [0.4, 0.5) is 10.1 Å². The first-order valence-corrected chi connectivity index (χ1v) is 11.4. The summed E-state index contributed by atoms with van der Waals surface area (Å²) < 4.78 is 37.9. The van der Waals surface area contributed by atoms with Gasteiger partial charge < -0.3 is 10.0 Å². The molecule has 1 atom stereocenters. The van der Waals surface area contributed by atoms with Gasteiger partial charge in [0.25, 0.3) is 0 Å². The minimum absolute atomic E-state index is 0.191. The zero-order chi connectivity index (χ0) is 20.1. The van der Waals surface area contributed by atoms with Crippen molar-refractivity contribution in [2.45, 2.75) is 25.4 Å². The molecule has 28 heavy (non-hydrogen) atoms. The van der Waals surface area contributed by atoms with Crippen molar-refractivity contribution in [3.63, 3.8) is 0 Å². The number of piperidine rings is 1. The second kappa shape index (κ2) is 9.03. The molecule has 1 heterocycles. The summed E-state index contributed by atoms with van der Waals surface area (Å²) in [4.78, 5) is 2.38. The van der Waals surface area contributed by atoms with Crippen LogP contribution in [0, 0.1) is 11.7 Å². The van der Waals surface area contributed by atoms with E-state index in [-0.39, 0.29) is 11.7 Å². The monoisotopic (exact) mass is 406 g/mol. The van der Waals surface area contributed by atoms with Gasteiger partial charge >= 0.3 is 0 Å². The van der Waals surface area contributed by atoms with E-state index < -0.39 is 16.1 Å². The predicted octanol–water partition coefficient (Wildman–Crippen LogP) is 3.19. The van der Waals surface area contributed by atoms with E-state index in [1.54, 1.807) is 24.3 Å². The highest BCUT2D eigenvalue weighted by atomic mass is 32.2. The minimum atomic E-state index is -3.30. The standard InChI is InChI=1S/C21H27FN2O3S/c1-28(26,27)23-20-8-4-17(5-9-20)21(25)18-11-14-24(15-12-18)13-10-16-2-6-19(22)7-3-16/h2-9,18,21,23,25H,10-15H2,1H3. The second-order valence-electron chi connectivity index (χ2n) is 7.50. The average Bonchev–Trinajstić information content (AvgIpc) is 2.67. The van der Waals surface area contributed by atoms with Crippen LogP contribution >= 0.6 is 0 Å². The highest BCUT2D eigenvalue weighted by molar-refractivity contribution is 7.92. The molecule has 0 aromatic heterocycles. The van der Waals surface area contributed by atoms with Crippen LogP contribution in [0.2, 0.25) is 0 Å². The van der Waals surface area contributed by atoms with Crippen molar-refractivity contribution in [1.29, 1.82) is 0 Å². The van der Waals surface area contributed by atoms with E-state index in [1.807, 2.05) is 12.1 Å². The summed E-state index contributed by atoms with van der Waals surface area (Å²) in [6, 6.07) is 13.6. The number of nitrogens with one attached hydrogen (secondary N) is 1. The topological polar surface area (TPSA) is 69.6 Å². The number of aliphatic hydroxyl groups excluding tert-OH is 1. The van der Waals surface area contributed by atoms with E-state index in [1.165, 1.54) is 12.1 Å². The third-order valence-electron chi connectivity index (χ3n) is 5.26. The minimum Gasteiger partial charge on any atom is -0.388 e. The first kappa shape index (κ1) is 20.8. The lowest BCUT2D eigenvalue weighted by Crippen LogP contribution is -2.36. The summed E-state index contributed by atoms with van der Waals surface area (Å²) in [5.74, 6) is -0.0190. The molecule has 5 nitrogen and oxygen atoms in total. The summed E-state index contributed by atoms with van der Waals surface area (Å²) in [5, 5.41) is 10.7. The molecule has 1 fully saturated rings. The molecule has 0 aliphatic carbocycles. The van der Waals surface area contributed by atoms with E-state index in [4.69, 9.17) is 0 Å². The smallest absolute Gasteiger partial charge is 0.229 e. The first-order chi connectivity index (χ1) is 13.3. The summed E-state index contributed by atoms with van der Waals surface area (Å²) in [6.45, 7) is 2.79. The number of hydrogen-bond acceptors (Lipinski definition) is 4. The third kappa shape index (κ3) is 6.02. The van der Waals surface area contributed by atoms with Gasteiger partial charge in [0.2, 0.25) is 10.0 Å². The Labute approximate surface area is 166 Å². The van der Waals surface area contributed by atoms with Gasteiger partial charge in [0, 0.05) is 12.2 Å². The van der Waals surface area contributed by atoms with Gasteiger partial charge in [-0.3, -0.25) is 4.72 Å². The maximum absolute atomic E-state index is 13.0. The summed E-state index contributed by atoms with van der Waals surface area (Å²) in [7, 11) is -3.30. The first-order valence-electron chi connectivity index (χ1n) is 9.53. The van der Waals surface area contributed by atoms with Crippen LogP contribution < -0.4 is 4.72 Å². The maximum Gasteiger partial charge on any atom is 0.229 e. The lowest BCUT2D eigenvalue weighted by Gasteiger charge is -2.34. The molecular formula is C21H27FN2O3S. The SMILES string of the molecule is CS(=O)(=O)Nc1ccc(C(O)C2CCN(CCc3ccc(F)cc3)CC2)cc1. The fourth-order valence-corrected chi connectivity index (χ4v) is 4.23. The number of nitrogens with zero attached hydrogens (tertiary/aromatic N) is 1. The van der Waals surface area contributed by atoms with E-state index in [0.717, 1.165) is 56.3 Å². The van der Waals surface area contributed by atoms with Crippen molar-refractivity contribution in [2.75, 3.05) is 30.6 Å². The molecule has 0 amide bonds.